The smallest absolute Gasteiger partial charge is 0.244 e. The van der Waals surface area contributed by atoms with Crippen LogP contribution in [0.25, 0.3) is 6.08 Å². The largest absolute Gasteiger partial charge is 0.376 e. The molecule has 2 aromatic carbocycles. The molecule has 0 spiro atoms. The molecule has 2 aromatic rings. The Balaban J connectivity index is 1.51. The van der Waals surface area contributed by atoms with E-state index in [0.29, 0.717) is 6.54 Å². The number of carbonyl (C=O) groups is 1. The van der Waals surface area contributed by atoms with Gasteiger partial charge in [0, 0.05) is 32.3 Å². The first-order valence-corrected chi connectivity index (χ1v) is 11.8. The van der Waals surface area contributed by atoms with Crippen molar-refractivity contribution < 1.29 is 17.9 Å². The Kier molecular flexibility index (Phi) is 7.97. The van der Waals surface area contributed by atoms with Crippen molar-refractivity contribution in [2.24, 2.45) is 0 Å². The number of rotatable bonds is 8. The minimum atomic E-state index is -3.46. The molecular formula is C23H29N3O4S. The van der Waals surface area contributed by atoms with Crippen molar-refractivity contribution in [2.75, 3.05) is 26.7 Å². The second-order valence-corrected chi connectivity index (χ2v) is 9.45. The Bertz CT molecular complexity index is 1020. The van der Waals surface area contributed by atoms with Gasteiger partial charge in [0.1, 0.15) is 0 Å². The van der Waals surface area contributed by atoms with Gasteiger partial charge >= 0.3 is 0 Å². The Hall–Kier alpha value is -2.52. The summed E-state index contributed by atoms with van der Waals surface area (Å²) < 4.78 is 31.4. The van der Waals surface area contributed by atoms with Crippen LogP contribution in [0.4, 0.5) is 0 Å². The molecular weight excluding hydrogens is 414 g/mol. The lowest BCUT2D eigenvalue weighted by atomic mass is 10.1. The molecule has 1 heterocycles. The molecule has 31 heavy (non-hydrogen) atoms. The van der Waals surface area contributed by atoms with Gasteiger partial charge in [-0.15, -0.1) is 0 Å². The maximum atomic E-state index is 12.2. The van der Waals surface area contributed by atoms with Gasteiger partial charge in [-0.1, -0.05) is 36.4 Å². The Labute approximate surface area is 184 Å². The highest BCUT2D eigenvalue weighted by Gasteiger charge is 2.16. The monoisotopic (exact) mass is 443 g/mol. The van der Waals surface area contributed by atoms with Crippen molar-refractivity contribution in [1.82, 2.24) is 14.9 Å². The fraction of sp³-hybridized carbons (Fsp3) is 0.348. The van der Waals surface area contributed by atoms with Crippen molar-refractivity contribution in [1.29, 1.82) is 0 Å². The number of morpholine rings is 1. The second kappa shape index (κ2) is 10.7. The quantitative estimate of drug-likeness (QED) is 0.611. The number of sulfonamides is 1. The van der Waals surface area contributed by atoms with Crippen LogP contribution in [0.15, 0.2) is 59.5 Å². The predicted molar refractivity (Wildman–Crippen MR) is 121 cm³/mol. The molecule has 0 saturated carbocycles. The Morgan fingerprint density at radius 3 is 2.65 bits per heavy atom. The molecule has 166 valence electrons. The topological polar surface area (TPSA) is 87.7 Å². The van der Waals surface area contributed by atoms with Gasteiger partial charge in [-0.2, -0.15) is 0 Å². The summed E-state index contributed by atoms with van der Waals surface area (Å²) in [6, 6.07) is 14.5. The molecule has 1 aliphatic heterocycles. The molecule has 1 saturated heterocycles. The van der Waals surface area contributed by atoms with Gasteiger partial charge in [0.15, 0.2) is 0 Å². The number of benzene rings is 2. The van der Waals surface area contributed by atoms with Crippen molar-refractivity contribution in [2.45, 2.75) is 31.0 Å². The summed E-state index contributed by atoms with van der Waals surface area (Å²) in [5.41, 5.74) is 3.00. The van der Waals surface area contributed by atoms with E-state index in [4.69, 9.17) is 4.74 Å². The minimum Gasteiger partial charge on any atom is -0.376 e. The molecule has 0 radical (unpaired) electrons. The Morgan fingerprint density at radius 1 is 1.19 bits per heavy atom. The van der Waals surface area contributed by atoms with E-state index in [0.717, 1.165) is 37.4 Å². The van der Waals surface area contributed by atoms with Gasteiger partial charge in [0.2, 0.25) is 15.9 Å². The number of hydrogen-bond acceptors (Lipinski definition) is 5. The first-order chi connectivity index (χ1) is 14.9. The van der Waals surface area contributed by atoms with Crippen LogP contribution in [0.2, 0.25) is 0 Å². The number of nitrogens with zero attached hydrogens (tertiary/aromatic N) is 1. The molecule has 0 bridgehead atoms. The summed E-state index contributed by atoms with van der Waals surface area (Å²) in [5, 5.41) is 2.89. The van der Waals surface area contributed by atoms with E-state index in [-0.39, 0.29) is 16.9 Å². The van der Waals surface area contributed by atoms with E-state index in [1.807, 2.05) is 12.1 Å². The lowest BCUT2D eigenvalue weighted by molar-refractivity contribution is -0.116. The molecule has 0 aromatic heterocycles. The van der Waals surface area contributed by atoms with Gasteiger partial charge in [0.25, 0.3) is 0 Å². The minimum absolute atomic E-state index is 0.183. The van der Waals surface area contributed by atoms with Gasteiger partial charge < -0.3 is 10.1 Å². The highest BCUT2D eigenvalue weighted by molar-refractivity contribution is 7.89. The summed E-state index contributed by atoms with van der Waals surface area (Å²) in [6.45, 7) is 6.01. The number of amides is 1. The SMILES string of the molecule is CNS(=O)(=O)c1ccc(/C=C/C(=O)NCc2cccc(CN3CCOC(C)C3)c2)cc1. The van der Waals surface area contributed by atoms with E-state index in [9.17, 15) is 13.2 Å². The molecule has 1 fully saturated rings. The number of nitrogens with one attached hydrogen (secondary N) is 2. The summed E-state index contributed by atoms with van der Waals surface area (Å²) in [5.74, 6) is -0.209. The van der Waals surface area contributed by atoms with Gasteiger partial charge in [-0.25, -0.2) is 13.1 Å². The molecule has 8 heteroatoms. The zero-order chi connectivity index (χ0) is 22.3. The summed E-state index contributed by atoms with van der Waals surface area (Å²) >= 11 is 0. The van der Waals surface area contributed by atoms with Crippen LogP contribution in [-0.2, 0) is 32.6 Å². The van der Waals surface area contributed by atoms with Crippen molar-refractivity contribution in [3.63, 3.8) is 0 Å². The third-order valence-electron chi connectivity index (χ3n) is 5.08. The number of ether oxygens (including phenoxy) is 1. The van der Waals surface area contributed by atoms with Crippen molar-refractivity contribution >= 4 is 22.0 Å². The first kappa shape index (κ1) is 23.1. The van der Waals surface area contributed by atoms with Crippen LogP contribution in [0.5, 0.6) is 0 Å². The predicted octanol–water partition coefficient (Wildman–Crippen LogP) is 2.14. The lowest BCUT2D eigenvalue weighted by Gasteiger charge is -2.31. The van der Waals surface area contributed by atoms with Gasteiger partial charge in [0.05, 0.1) is 17.6 Å². The maximum Gasteiger partial charge on any atom is 0.244 e. The van der Waals surface area contributed by atoms with Crippen LogP contribution >= 0.6 is 0 Å². The van der Waals surface area contributed by atoms with Crippen LogP contribution < -0.4 is 10.0 Å². The van der Waals surface area contributed by atoms with Crippen LogP contribution in [0, 0.1) is 0 Å². The summed E-state index contributed by atoms with van der Waals surface area (Å²) in [7, 11) is -2.10. The number of carbonyl (C=O) groups excluding carboxylic acids is 1. The maximum absolute atomic E-state index is 12.2. The Morgan fingerprint density at radius 2 is 1.94 bits per heavy atom. The second-order valence-electron chi connectivity index (χ2n) is 7.56. The first-order valence-electron chi connectivity index (χ1n) is 10.3. The van der Waals surface area contributed by atoms with E-state index in [1.54, 1.807) is 18.2 Å². The third-order valence-corrected chi connectivity index (χ3v) is 6.51. The number of hydrogen-bond donors (Lipinski definition) is 2. The molecule has 7 nitrogen and oxygen atoms in total. The highest BCUT2D eigenvalue weighted by Crippen LogP contribution is 2.13. The van der Waals surface area contributed by atoms with Crippen LogP contribution in [0.1, 0.15) is 23.6 Å². The van der Waals surface area contributed by atoms with Crippen molar-refractivity contribution in [3.8, 4) is 0 Å². The molecule has 0 aliphatic carbocycles. The van der Waals surface area contributed by atoms with E-state index < -0.39 is 10.0 Å². The third kappa shape index (κ3) is 7.00. The zero-order valence-corrected chi connectivity index (χ0v) is 18.7. The fourth-order valence-electron chi connectivity index (χ4n) is 3.43. The molecule has 2 N–H and O–H groups in total. The standard InChI is InChI=1S/C23H29N3O4S/c1-18-16-26(12-13-30-18)17-21-5-3-4-20(14-21)15-25-23(27)11-8-19-6-9-22(10-7-19)31(28,29)24-2/h3-11,14,18,24H,12-13,15-17H2,1-2H3,(H,25,27)/b11-8+. The summed E-state index contributed by atoms with van der Waals surface area (Å²) in [6.07, 6.45) is 3.36. The highest BCUT2D eigenvalue weighted by atomic mass is 32.2. The lowest BCUT2D eigenvalue weighted by Crippen LogP contribution is -2.40. The van der Waals surface area contributed by atoms with Gasteiger partial charge in [-0.3, -0.25) is 9.69 Å². The normalized spacial score (nSPS) is 17.7. The van der Waals surface area contributed by atoms with E-state index in [2.05, 4.69) is 34.0 Å². The molecule has 1 amide bonds. The van der Waals surface area contributed by atoms with E-state index in [1.165, 1.54) is 30.8 Å². The molecule has 1 aliphatic rings. The average molecular weight is 444 g/mol. The van der Waals surface area contributed by atoms with Crippen LogP contribution in [0.3, 0.4) is 0 Å². The van der Waals surface area contributed by atoms with Crippen molar-refractivity contribution in [3.05, 3.63) is 71.3 Å². The summed E-state index contributed by atoms with van der Waals surface area (Å²) in [4.78, 5) is 14.7. The molecule has 1 atom stereocenters. The molecule has 1 unspecified atom stereocenters. The van der Waals surface area contributed by atoms with Gasteiger partial charge in [-0.05, 0) is 48.9 Å². The fourth-order valence-corrected chi connectivity index (χ4v) is 4.16. The average Bonchev–Trinajstić information content (AvgIpc) is 2.77. The zero-order valence-electron chi connectivity index (χ0n) is 17.9. The van der Waals surface area contributed by atoms with E-state index >= 15 is 0 Å². The molecule has 3 rings (SSSR count). The van der Waals surface area contributed by atoms with Crippen LogP contribution in [-0.4, -0.2) is 52.1 Å².